The van der Waals surface area contributed by atoms with Gasteiger partial charge in [0.2, 0.25) is 0 Å². The molecule has 5 rings (SSSR count). The van der Waals surface area contributed by atoms with Crippen LogP contribution in [0.25, 0.3) is 20.2 Å². The fourth-order valence-electron chi connectivity index (χ4n) is 3.70. The molecule has 0 bridgehead atoms. The zero-order chi connectivity index (χ0) is 23.7. The van der Waals surface area contributed by atoms with Crippen molar-refractivity contribution in [2.24, 2.45) is 0 Å². The molecule has 0 saturated heterocycles. The predicted molar refractivity (Wildman–Crippen MR) is 153 cm³/mol. The predicted octanol–water partition coefficient (Wildman–Crippen LogP) is 10.6. The molecule has 0 amide bonds. The number of aryl methyl sites for hydroxylation is 3. The molecule has 0 spiro atoms. The number of fused-ring (bicyclic) bond motifs is 2. The van der Waals surface area contributed by atoms with Gasteiger partial charge in [-0.05, 0) is 0 Å². The van der Waals surface area contributed by atoms with Crippen LogP contribution < -0.4 is 12.4 Å². The van der Waals surface area contributed by atoms with Crippen LogP contribution in [0.4, 0.5) is 0 Å². The van der Waals surface area contributed by atoms with Gasteiger partial charge in [0.1, 0.15) is 0 Å². The molecule has 4 aromatic heterocycles. The molecule has 5 aromatic rings. The van der Waals surface area contributed by atoms with Gasteiger partial charge in [0.25, 0.3) is 0 Å². The van der Waals surface area contributed by atoms with E-state index < -0.39 is 18.4 Å². The van der Waals surface area contributed by atoms with E-state index in [1.807, 2.05) is 19.1 Å². The monoisotopic (exact) mass is 660 g/mol. The van der Waals surface area contributed by atoms with Crippen LogP contribution in [-0.2, 0) is 0 Å². The number of hydrogen-bond donors (Lipinski definition) is 0. The van der Waals surface area contributed by atoms with E-state index in [2.05, 4.69) is 40.8 Å². The third-order valence-corrected chi connectivity index (χ3v) is 20.2. The second-order valence-corrected chi connectivity index (χ2v) is 29.8. The van der Waals surface area contributed by atoms with Gasteiger partial charge in [-0.15, -0.1) is 0 Å². The second kappa shape index (κ2) is 8.87. The zero-order valence-electron chi connectivity index (χ0n) is 19.0. The van der Waals surface area contributed by atoms with Gasteiger partial charge < -0.3 is 0 Å². The summed E-state index contributed by atoms with van der Waals surface area (Å²) < 4.78 is 16.5. The van der Waals surface area contributed by atoms with Crippen molar-refractivity contribution < 1.29 is 9.47 Å². The summed E-state index contributed by atoms with van der Waals surface area (Å²) in [7, 11) is 0. The topological polar surface area (TPSA) is 18.5 Å². The number of ether oxygens (including phenoxy) is 2. The quantitative estimate of drug-likeness (QED) is 0.175. The van der Waals surface area contributed by atoms with E-state index >= 15 is 0 Å². The maximum absolute atomic E-state index is 7.15. The summed E-state index contributed by atoms with van der Waals surface area (Å²) in [5.41, 5.74) is 0. The molecule has 0 radical (unpaired) electrons. The molecule has 4 heterocycles. The molecule has 0 fully saturated rings. The number of hydrogen-bond acceptors (Lipinski definition) is 6. The standard InChI is InChI=1S/C21H13Cl2O2S4.3CH3.Sn/c1-9-4-6-13(27-9)24-18-15-12(22)8-26-20(15)19(25-14-7-5-10(2)28-14)16-17(23)11(3)29-21(16)18;;;;/h4-7H,1-3H3;3*1H3;. The SMILES string of the molecule is Cc1ccc(Oc2c3s[c]([Sn]([CH3])([CH3])[CH3])c(Cl)c3c(Oc3ccc(C)s3)c3sc(C)c(Cl)c23)s1. The Bertz CT molecular complexity index is 1480. The summed E-state index contributed by atoms with van der Waals surface area (Å²) in [6.07, 6.45) is 0. The molecule has 0 aliphatic heterocycles. The summed E-state index contributed by atoms with van der Waals surface area (Å²) >= 11 is 18.2. The van der Waals surface area contributed by atoms with Crippen molar-refractivity contribution in [3.8, 4) is 21.6 Å². The molecule has 0 aliphatic carbocycles. The Morgan fingerprint density at radius 3 is 1.61 bits per heavy atom. The average molecular weight is 660 g/mol. The average Bonchev–Trinajstić information content (AvgIpc) is 3.47. The Labute approximate surface area is 223 Å². The van der Waals surface area contributed by atoms with E-state index in [0.717, 1.165) is 56.7 Å². The molecule has 0 atom stereocenters. The fourth-order valence-corrected chi connectivity index (χ4v) is 15.7. The first-order valence-electron chi connectivity index (χ1n) is 10.4. The molecule has 0 saturated carbocycles. The van der Waals surface area contributed by atoms with Crippen LogP contribution in [0.5, 0.6) is 21.6 Å². The van der Waals surface area contributed by atoms with Crippen LogP contribution in [0.2, 0.25) is 24.9 Å². The van der Waals surface area contributed by atoms with Crippen LogP contribution in [0.1, 0.15) is 14.6 Å². The first kappa shape index (κ1) is 24.2. The Kier molecular flexibility index (Phi) is 6.51. The number of benzene rings is 1. The van der Waals surface area contributed by atoms with Gasteiger partial charge in [0, 0.05) is 0 Å². The van der Waals surface area contributed by atoms with Gasteiger partial charge in [0.05, 0.1) is 0 Å². The third kappa shape index (κ3) is 4.34. The van der Waals surface area contributed by atoms with E-state index in [9.17, 15) is 0 Å². The fraction of sp³-hybridized carbons (Fsp3) is 0.250. The van der Waals surface area contributed by atoms with Crippen LogP contribution in [-0.4, -0.2) is 18.4 Å². The molecule has 33 heavy (non-hydrogen) atoms. The number of thiophene rings is 4. The first-order valence-corrected chi connectivity index (χ1v) is 24.4. The minimum atomic E-state index is -2.52. The molecule has 0 N–H and O–H groups in total. The van der Waals surface area contributed by atoms with Gasteiger partial charge in [-0.1, -0.05) is 0 Å². The van der Waals surface area contributed by atoms with Crippen LogP contribution in [0, 0.1) is 20.8 Å². The normalized spacial score (nSPS) is 12.2. The molecule has 0 aliphatic rings. The molecule has 9 heteroatoms. The Morgan fingerprint density at radius 2 is 1.15 bits per heavy atom. The van der Waals surface area contributed by atoms with Gasteiger partial charge >= 0.3 is 226 Å². The van der Waals surface area contributed by atoms with Gasteiger partial charge in [0.15, 0.2) is 0 Å². The van der Waals surface area contributed by atoms with Crippen molar-refractivity contribution in [2.45, 2.75) is 35.6 Å². The van der Waals surface area contributed by atoms with Crippen LogP contribution in [0.3, 0.4) is 0 Å². The van der Waals surface area contributed by atoms with Crippen LogP contribution >= 0.6 is 68.5 Å². The second-order valence-electron chi connectivity index (χ2n) is 8.97. The number of rotatable bonds is 5. The van der Waals surface area contributed by atoms with Crippen LogP contribution in [0.15, 0.2) is 24.3 Å². The zero-order valence-corrected chi connectivity index (χ0v) is 26.6. The van der Waals surface area contributed by atoms with Gasteiger partial charge in [-0.2, -0.15) is 0 Å². The van der Waals surface area contributed by atoms with E-state index in [1.165, 1.54) is 12.6 Å². The van der Waals surface area contributed by atoms with E-state index in [0.29, 0.717) is 0 Å². The molecule has 2 nitrogen and oxygen atoms in total. The van der Waals surface area contributed by atoms with Crippen molar-refractivity contribution in [1.82, 2.24) is 0 Å². The van der Waals surface area contributed by atoms with Crippen molar-refractivity contribution in [3.63, 3.8) is 0 Å². The first-order chi connectivity index (χ1) is 15.5. The van der Waals surface area contributed by atoms with E-state index in [-0.39, 0.29) is 0 Å². The summed E-state index contributed by atoms with van der Waals surface area (Å²) in [6, 6.07) is 8.18. The summed E-state index contributed by atoms with van der Waals surface area (Å²) in [6.45, 7) is 6.20. The van der Waals surface area contributed by atoms with E-state index in [1.54, 1.807) is 45.3 Å². The van der Waals surface area contributed by atoms with Gasteiger partial charge in [-0.3, -0.25) is 0 Å². The molecular weight excluding hydrogens is 638 g/mol. The van der Waals surface area contributed by atoms with Crippen molar-refractivity contribution in [1.29, 1.82) is 0 Å². The molecule has 1 aromatic carbocycles. The summed E-state index contributed by atoms with van der Waals surface area (Å²) in [5, 5.41) is 5.10. The maximum atomic E-state index is 7.15. The Morgan fingerprint density at radius 1 is 0.667 bits per heavy atom. The Hall–Kier alpha value is -0.481. The summed E-state index contributed by atoms with van der Waals surface area (Å²) in [5.74, 6) is 1.58. The van der Waals surface area contributed by atoms with Crippen molar-refractivity contribution in [2.75, 3.05) is 0 Å². The number of halogens is 2. The van der Waals surface area contributed by atoms with Crippen molar-refractivity contribution in [3.05, 3.63) is 48.9 Å². The third-order valence-electron chi connectivity index (χ3n) is 5.25. The molecule has 0 unspecified atom stereocenters. The van der Waals surface area contributed by atoms with E-state index in [4.69, 9.17) is 32.7 Å². The molecule has 172 valence electrons. The van der Waals surface area contributed by atoms with Gasteiger partial charge in [-0.25, -0.2) is 0 Å². The summed E-state index contributed by atoms with van der Waals surface area (Å²) in [4.78, 5) is 10.6. The molecular formula is C24H22Cl2O2S4Sn. The Balaban J connectivity index is 1.89. The minimum absolute atomic E-state index is 0.720. The van der Waals surface area contributed by atoms with Crippen molar-refractivity contribution >= 4 is 110 Å².